The van der Waals surface area contributed by atoms with Gasteiger partial charge in [0.05, 0.1) is 13.1 Å². The zero-order valence-electron chi connectivity index (χ0n) is 17.3. The van der Waals surface area contributed by atoms with Crippen molar-refractivity contribution in [2.45, 2.75) is 39.2 Å². The average Bonchev–Trinajstić information content (AvgIpc) is 3.23. The third-order valence-electron chi connectivity index (χ3n) is 5.18. The molecule has 1 saturated heterocycles. The van der Waals surface area contributed by atoms with Gasteiger partial charge in [-0.2, -0.15) is 18.3 Å². The molecule has 0 saturated carbocycles. The fourth-order valence-electron chi connectivity index (χ4n) is 3.45. The number of benzene rings is 1. The Bertz CT molecular complexity index is 812. The van der Waals surface area contributed by atoms with E-state index in [1.165, 1.54) is 18.2 Å². The molecule has 0 spiro atoms. The Labute approximate surface area is 174 Å². The molecule has 1 aromatic carbocycles. The first-order chi connectivity index (χ1) is 14.4. The van der Waals surface area contributed by atoms with Crippen LogP contribution in [-0.4, -0.2) is 75.5 Å². The summed E-state index contributed by atoms with van der Waals surface area (Å²) in [7, 11) is 0. The number of aliphatic imine (C=N–C) groups is 1. The van der Waals surface area contributed by atoms with Gasteiger partial charge in [0, 0.05) is 32.7 Å². The van der Waals surface area contributed by atoms with Gasteiger partial charge in [-0.25, -0.2) is 14.7 Å². The molecule has 1 unspecified atom stereocenters. The maximum absolute atomic E-state index is 13.0. The predicted molar refractivity (Wildman–Crippen MR) is 109 cm³/mol. The van der Waals surface area contributed by atoms with Crippen LogP contribution in [0, 0.1) is 0 Å². The Morgan fingerprint density at radius 3 is 2.57 bits per heavy atom. The molecule has 30 heavy (non-hydrogen) atoms. The second-order valence-corrected chi connectivity index (χ2v) is 7.32. The molecule has 3 rings (SSSR count). The molecule has 1 aliphatic rings. The highest BCUT2D eigenvalue weighted by molar-refractivity contribution is 5.80. The fourth-order valence-corrected chi connectivity index (χ4v) is 3.45. The number of alkyl halides is 3. The van der Waals surface area contributed by atoms with E-state index in [1.807, 2.05) is 30.0 Å². The summed E-state index contributed by atoms with van der Waals surface area (Å²) in [6.45, 7) is 6.78. The van der Waals surface area contributed by atoms with Crippen molar-refractivity contribution in [3.63, 3.8) is 0 Å². The van der Waals surface area contributed by atoms with Crippen LogP contribution in [0.3, 0.4) is 0 Å². The standard InChI is InChI=1S/C20H28F3N7/c1-3-25-19(29-9-7-28(8-10-29)16(2)20(21,22)23)26-12-17-5-4-6-18(11-17)13-30-15-24-14-27-30/h4-6,11,14-16H,3,7-10,12-13H2,1-2H3,(H,25,26). The van der Waals surface area contributed by atoms with Crippen LogP contribution in [0.1, 0.15) is 25.0 Å². The maximum Gasteiger partial charge on any atom is 0.403 e. The van der Waals surface area contributed by atoms with Crippen LogP contribution >= 0.6 is 0 Å². The highest BCUT2D eigenvalue weighted by Gasteiger charge is 2.41. The summed E-state index contributed by atoms with van der Waals surface area (Å²) < 4.78 is 40.7. The molecule has 0 amide bonds. The van der Waals surface area contributed by atoms with Crippen molar-refractivity contribution < 1.29 is 13.2 Å². The number of aromatic nitrogens is 3. The minimum Gasteiger partial charge on any atom is -0.357 e. The summed E-state index contributed by atoms with van der Waals surface area (Å²) >= 11 is 0. The number of nitrogens with one attached hydrogen (secondary N) is 1. The Kier molecular flexibility index (Phi) is 7.30. The van der Waals surface area contributed by atoms with Gasteiger partial charge in [-0.05, 0) is 25.0 Å². The number of piperazine rings is 1. The molecular formula is C20H28F3N7. The van der Waals surface area contributed by atoms with Gasteiger partial charge in [0.15, 0.2) is 5.96 Å². The van der Waals surface area contributed by atoms with Crippen LogP contribution in [0.4, 0.5) is 13.2 Å². The van der Waals surface area contributed by atoms with Crippen LogP contribution in [0.2, 0.25) is 0 Å². The molecule has 7 nitrogen and oxygen atoms in total. The highest BCUT2D eigenvalue weighted by atomic mass is 19.4. The van der Waals surface area contributed by atoms with Gasteiger partial charge in [0.1, 0.15) is 18.7 Å². The summed E-state index contributed by atoms with van der Waals surface area (Å²) in [5.41, 5.74) is 2.17. The van der Waals surface area contributed by atoms with E-state index in [4.69, 9.17) is 4.99 Å². The van der Waals surface area contributed by atoms with Gasteiger partial charge >= 0.3 is 6.18 Å². The van der Waals surface area contributed by atoms with Crippen LogP contribution in [-0.2, 0) is 13.1 Å². The number of hydrogen-bond donors (Lipinski definition) is 1. The third-order valence-corrected chi connectivity index (χ3v) is 5.18. The summed E-state index contributed by atoms with van der Waals surface area (Å²) in [5.74, 6) is 0.735. The second-order valence-electron chi connectivity index (χ2n) is 7.32. The Morgan fingerprint density at radius 1 is 1.20 bits per heavy atom. The molecular weight excluding hydrogens is 395 g/mol. The highest BCUT2D eigenvalue weighted by Crippen LogP contribution is 2.25. The molecule has 1 aliphatic heterocycles. The van der Waals surface area contributed by atoms with E-state index >= 15 is 0 Å². The molecule has 0 bridgehead atoms. The molecule has 164 valence electrons. The molecule has 2 heterocycles. The van der Waals surface area contributed by atoms with Gasteiger partial charge in [0.2, 0.25) is 0 Å². The van der Waals surface area contributed by atoms with Crippen molar-refractivity contribution in [1.29, 1.82) is 0 Å². The molecule has 0 aliphatic carbocycles. The van der Waals surface area contributed by atoms with Crippen LogP contribution in [0.5, 0.6) is 0 Å². The zero-order chi connectivity index (χ0) is 21.6. The topological polar surface area (TPSA) is 61.6 Å². The number of guanidine groups is 1. The van der Waals surface area contributed by atoms with Crippen LogP contribution < -0.4 is 5.32 Å². The number of rotatable bonds is 6. The number of nitrogens with zero attached hydrogens (tertiary/aromatic N) is 6. The summed E-state index contributed by atoms with van der Waals surface area (Å²) in [4.78, 5) is 12.2. The lowest BCUT2D eigenvalue weighted by molar-refractivity contribution is -0.181. The summed E-state index contributed by atoms with van der Waals surface area (Å²) in [6, 6.07) is 6.69. The lowest BCUT2D eigenvalue weighted by Gasteiger charge is -2.39. The largest absolute Gasteiger partial charge is 0.403 e. The van der Waals surface area contributed by atoms with E-state index in [-0.39, 0.29) is 0 Å². The molecule has 10 heteroatoms. The molecule has 2 aromatic rings. The third kappa shape index (κ3) is 5.94. The molecule has 1 fully saturated rings. The summed E-state index contributed by atoms with van der Waals surface area (Å²) in [5, 5.41) is 7.38. The molecule has 1 N–H and O–H groups in total. The normalized spacial score (nSPS) is 17.2. The van der Waals surface area contributed by atoms with Crippen molar-refractivity contribution in [2.75, 3.05) is 32.7 Å². The smallest absolute Gasteiger partial charge is 0.357 e. The Morgan fingerprint density at radius 2 is 1.93 bits per heavy atom. The Hall–Kier alpha value is -2.62. The molecule has 0 radical (unpaired) electrons. The van der Waals surface area contributed by atoms with Crippen molar-refractivity contribution in [3.8, 4) is 0 Å². The van der Waals surface area contributed by atoms with Gasteiger partial charge < -0.3 is 10.2 Å². The first-order valence-electron chi connectivity index (χ1n) is 10.1. The van der Waals surface area contributed by atoms with E-state index in [2.05, 4.69) is 21.5 Å². The molecule has 1 aromatic heterocycles. The Balaban J connectivity index is 1.61. The van der Waals surface area contributed by atoms with E-state index in [0.717, 1.165) is 17.1 Å². The maximum atomic E-state index is 13.0. The predicted octanol–water partition coefficient (Wildman–Crippen LogP) is 2.36. The van der Waals surface area contributed by atoms with E-state index < -0.39 is 12.2 Å². The van der Waals surface area contributed by atoms with Crippen molar-refractivity contribution in [3.05, 3.63) is 48.0 Å². The van der Waals surface area contributed by atoms with Gasteiger partial charge in [-0.3, -0.25) is 4.90 Å². The van der Waals surface area contributed by atoms with E-state index in [9.17, 15) is 13.2 Å². The lowest BCUT2D eigenvalue weighted by atomic mass is 10.1. The van der Waals surface area contributed by atoms with Crippen molar-refractivity contribution >= 4 is 5.96 Å². The van der Waals surface area contributed by atoms with Gasteiger partial charge in [-0.15, -0.1) is 0 Å². The van der Waals surface area contributed by atoms with Crippen molar-refractivity contribution in [2.24, 2.45) is 4.99 Å². The van der Waals surface area contributed by atoms with Crippen LogP contribution in [0.15, 0.2) is 41.9 Å². The van der Waals surface area contributed by atoms with E-state index in [0.29, 0.717) is 45.8 Å². The minimum atomic E-state index is -4.20. The zero-order valence-corrected chi connectivity index (χ0v) is 17.3. The van der Waals surface area contributed by atoms with Gasteiger partial charge in [0.25, 0.3) is 0 Å². The summed E-state index contributed by atoms with van der Waals surface area (Å²) in [6.07, 6.45) is -1.02. The fraction of sp³-hybridized carbons (Fsp3) is 0.550. The van der Waals surface area contributed by atoms with Crippen LogP contribution in [0.25, 0.3) is 0 Å². The van der Waals surface area contributed by atoms with Gasteiger partial charge in [-0.1, -0.05) is 24.3 Å². The monoisotopic (exact) mass is 423 g/mol. The number of hydrogen-bond acceptors (Lipinski definition) is 4. The molecule has 1 atom stereocenters. The lowest BCUT2D eigenvalue weighted by Crippen LogP contribution is -2.56. The number of halogens is 3. The second kappa shape index (κ2) is 9.92. The first kappa shape index (κ1) is 22.1. The minimum absolute atomic E-state index is 0.360. The average molecular weight is 423 g/mol. The van der Waals surface area contributed by atoms with E-state index in [1.54, 1.807) is 11.0 Å². The van der Waals surface area contributed by atoms with Crippen molar-refractivity contribution in [1.82, 2.24) is 29.9 Å². The first-order valence-corrected chi connectivity index (χ1v) is 10.1. The SMILES string of the molecule is CCNC(=NCc1cccc(Cn2cncn2)c1)N1CCN(C(C)C(F)(F)F)CC1. The quantitative estimate of drug-likeness (QED) is 0.571.